The first-order valence-corrected chi connectivity index (χ1v) is 7.99. The van der Waals surface area contributed by atoms with E-state index in [0.717, 1.165) is 5.56 Å². The van der Waals surface area contributed by atoms with E-state index >= 15 is 0 Å². The van der Waals surface area contributed by atoms with Crippen LogP contribution in [0.15, 0.2) is 91.0 Å². The van der Waals surface area contributed by atoms with E-state index in [1.165, 1.54) is 10.6 Å². The van der Waals surface area contributed by atoms with E-state index in [1.54, 1.807) is 0 Å². The molecule has 20 heavy (non-hydrogen) atoms. The van der Waals surface area contributed by atoms with Crippen LogP contribution in [-0.2, 0) is 0 Å². The minimum atomic E-state index is -0.577. The summed E-state index contributed by atoms with van der Waals surface area (Å²) < 4.78 is 0. The van der Waals surface area contributed by atoms with Crippen molar-refractivity contribution in [3.8, 4) is 0 Å². The molecule has 3 aromatic carbocycles. The van der Waals surface area contributed by atoms with Crippen molar-refractivity contribution in [3.63, 3.8) is 0 Å². The minimum Gasteiger partial charge on any atom is -0.0622 e. The van der Waals surface area contributed by atoms with E-state index in [9.17, 15) is 0 Å². The molecule has 0 saturated carbocycles. The van der Waals surface area contributed by atoms with Crippen LogP contribution in [0.1, 0.15) is 5.56 Å². The van der Waals surface area contributed by atoms with Crippen LogP contribution < -0.4 is 10.6 Å². The van der Waals surface area contributed by atoms with E-state index in [-0.39, 0.29) is 0 Å². The fourth-order valence-electron chi connectivity index (χ4n) is 2.07. The zero-order valence-corrected chi connectivity index (χ0v) is 12.0. The van der Waals surface area contributed by atoms with Crippen LogP contribution in [-0.4, -0.2) is 0 Å². The molecule has 0 aliphatic rings. The summed E-state index contributed by atoms with van der Waals surface area (Å²) in [6.45, 7) is 0. The molecule has 0 nitrogen and oxygen atoms in total. The lowest BCUT2D eigenvalue weighted by Crippen LogP contribution is -2.11. The predicted molar refractivity (Wildman–Crippen MR) is 87.9 cm³/mol. The van der Waals surface area contributed by atoms with Crippen LogP contribution in [0.3, 0.4) is 0 Å². The van der Waals surface area contributed by atoms with Crippen molar-refractivity contribution in [3.05, 3.63) is 103 Å². The van der Waals surface area contributed by atoms with Gasteiger partial charge in [0.05, 0.1) is 6.16 Å². The Morgan fingerprint density at radius 2 is 0.900 bits per heavy atom. The highest BCUT2D eigenvalue weighted by Crippen LogP contribution is 2.39. The van der Waals surface area contributed by atoms with Gasteiger partial charge in [0, 0.05) is 0 Å². The Balaban J connectivity index is 1.96. The molecule has 96 valence electrons. The third-order valence-electron chi connectivity index (χ3n) is 3.04. The number of benzene rings is 3. The first-order chi connectivity index (χ1) is 9.93. The Morgan fingerprint density at radius 3 is 1.35 bits per heavy atom. The maximum Gasteiger partial charge on any atom is 0.0544 e. The number of hydrogen-bond acceptors (Lipinski definition) is 0. The quantitative estimate of drug-likeness (QED) is 0.625. The Morgan fingerprint density at radius 1 is 0.500 bits per heavy atom. The fraction of sp³-hybridized carbons (Fsp3) is 0. The molecule has 0 aliphatic carbocycles. The van der Waals surface area contributed by atoms with Gasteiger partial charge in [-0.15, -0.1) is 0 Å². The van der Waals surface area contributed by atoms with Crippen molar-refractivity contribution in [2.45, 2.75) is 0 Å². The van der Waals surface area contributed by atoms with Crippen LogP contribution in [0.5, 0.6) is 0 Å². The molecule has 0 unspecified atom stereocenters. The molecule has 0 fully saturated rings. The molecule has 0 aromatic heterocycles. The van der Waals surface area contributed by atoms with Crippen molar-refractivity contribution in [1.29, 1.82) is 0 Å². The van der Waals surface area contributed by atoms with Gasteiger partial charge in [-0.05, 0) is 24.1 Å². The molecule has 3 rings (SSSR count). The third kappa shape index (κ3) is 3.15. The van der Waals surface area contributed by atoms with Gasteiger partial charge in [-0.3, -0.25) is 0 Å². The van der Waals surface area contributed by atoms with Crippen molar-refractivity contribution < 1.29 is 0 Å². The first kappa shape index (κ1) is 13.1. The summed E-state index contributed by atoms with van der Waals surface area (Å²) in [7, 11) is -0.577. The summed E-state index contributed by atoms with van der Waals surface area (Å²) in [5.41, 5.74) is 1.16. The van der Waals surface area contributed by atoms with Gasteiger partial charge >= 0.3 is 0 Å². The summed E-state index contributed by atoms with van der Waals surface area (Å²) >= 11 is 0. The average Bonchev–Trinajstić information content (AvgIpc) is 2.55. The highest BCUT2D eigenvalue weighted by molar-refractivity contribution is 7.75. The Bertz CT molecular complexity index is 593. The van der Waals surface area contributed by atoms with E-state index in [4.69, 9.17) is 0 Å². The van der Waals surface area contributed by atoms with Gasteiger partial charge in [-0.1, -0.05) is 91.0 Å². The maximum absolute atomic E-state index is 3.68. The van der Waals surface area contributed by atoms with Gasteiger partial charge in [0.25, 0.3) is 0 Å². The van der Waals surface area contributed by atoms with Crippen LogP contribution >= 0.6 is 7.92 Å². The second kappa shape index (κ2) is 6.50. The Hall–Kier alpha value is -1.91. The van der Waals surface area contributed by atoms with Crippen LogP contribution in [0.2, 0.25) is 0 Å². The largest absolute Gasteiger partial charge is 0.0622 e. The van der Waals surface area contributed by atoms with Crippen molar-refractivity contribution in [1.82, 2.24) is 0 Å². The molecular weight excluding hydrogens is 259 g/mol. The Labute approximate surface area is 121 Å². The SMILES string of the molecule is [C](c1ccccc1)P(c1ccccc1)c1ccccc1. The van der Waals surface area contributed by atoms with Gasteiger partial charge in [0.1, 0.15) is 0 Å². The fourth-order valence-corrected chi connectivity index (χ4v) is 3.98. The maximum atomic E-state index is 3.68. The Kier molecular flexibility index (Phi) is 4.25. The summed E-state index contributed by atoms with van der Waals surface area (Å²) in [5.74, 6) is 0. The number of rotatable bonds is 4. The lowest BCUT2D eigenvalue weighted by atomic mass is 10.2. The van der Waals surface area contributed by atoms with Gasteiger partial charge in [-0.2, -0.15) is 0 Å². The monoisotopic (exact) mass is 274 g/mol. The van der Waals surface area contributed by atoms with Crippen LogP contribution in [0.4, 0.5) is 0 Å². The zero-order valence-electron chi connectivity index (χ0n) is 11.1. The molecule has 0 spiro atoms. The second-order valence-electron chi connectivity index (χ2n) is 4.48. The molecule has 1 heteroatoms. The van der Waals surface area contributed by atoms with Gasteiger partial charge in [0.2, 0.25) is 0 Å². The summed E-state index contributed by atoms with van der Waals surface area (Å²) in [4.78, 5) is 0. The highest BCUT2D eigenvalue weighted by atomic mass is 31.1. The summed E-state index contributed by atoms with van der Waals surface area (Å²) in [5, 5.41) is 2.66. The zero-order chi connectivity index (χ0) is 13.6. The smallest absolute Gasteiger partial charge is 0.0544 e. The minimum absolute atomic E-state index is 0.577. The standard InChI is InChI=1S/C19H15P/c1-4-10-17(11-5-1)16-20(18-12-6-2-7-13-18)19-14-8-3-9-15-19/h1-15H. The molecule has 0 amide bonds. The van der Waals surface area contributed by atoms with Gasteiger partial charge in [-0.25, -0.2) is 0 Å². The molecule has 0 atom stereocenters. The molecular formula is C19H15P. The first-order valence-electron chi connectivity index (χ1n) is 6.65. The molecule has 0 saturated heterocycles. The lowest BCUT2D eigenvalue weighted by Gasteiger charge is -2.17. The van der Waals surface area contributed by atoms with Crippen molar-refractivity contribution in [2.24, 2.45) is 0 Å². The van der Waals surface area contributed by atoms with Gasteiger partial charge in [0.15, 0.2) is 0 Å². The molecule has 3 aromatic rings. The summed E-state index contributed by atoms with van der Waals surface area (Å²) in [6, 6.07) is 31.7. The van der Waals surface area contributed by atoms with Crippen molar-refractivity contribution in [2.75, 3.05) is 0 Å². The van der Waals surface area contributed by atoms with Crippen LogP contribution in [0.25, 0.3) is 0 Å². The normalized spacial score (nSPS) is 10.7. The van der Waals surface area contributed by atoms with E-state index in [2.05, 4.69) is 91.1 Å². The molecule has 0 heterocycles. The second-order valence-corrected chi connectivity index (χ2v) is 6.41. The highest BCUT2D eigenvalue weighted by Gasteiger charge is 2.14. The third-order valence-corrected chi connectivity index (χ3v) is 5.15. The lowest BCUT2D eigenvalue weighted by molar-refractivity contribution is 1.59. The van der Waals surface area contributed by atoms with E-state index < -0.39 is 7.92 Å². The molecule has 0 aliphatic heterocycles. The average molecular weight is 274 g/mol. The molecule has 0 N–H and O–H groups in total. The predicted octanol–water partition coefficient (Wildman–Crippen LogP) is 4.21. The molecule has 2 radical (unpaired) electrons. The topological polar surface area (TPSA) is 0 Å². The van der Waals surface area contributed by atoms with Crippen molar-refractivity contribution >= 4 is 18.5 Å². The van der Waals surface area contributed by atoms with E-state index in [0.29, 0.717) is 0 Å². The van der Waals surface area contributed by atoms with E-state index in [1.807, 2.05) is 6.07 Å². The van der Waals surface area contributed by atoms with Crippen LogP contribution in [0, 0.1) is 6.16 Å². The molecule has 0 bridgehead atoms. The number of hydrogen-bond donors (Lipinski definition) is 0. The van der Waals surface area contributed by atoms with Gasteiger partial charge < -0.3 is 0 Å². The summed E-state index contributed by atoms with van der Waals surface area (Å²) in [6.07, 6.45) is 3.68.